The van der Waals surface area contributed by atoms with E-state index in [1.165, 1.54) is 12.1 Å². The van der Waals surface area contributed by atoms with Gasteiger partial charge in [0, 0.05) is 36.0 Å². The Bertz CT molecular complexity index is 514. The topological polar surface area (TPSA) is 24.9 Å². The number of nitrogens with one attached hydrogen (secondary N) is 1. The number of nitrogens with zero attached hydrogens (tertiary/aromatic N) is 1. The van der Waals surface area contributed by atoms with Crippen LogP contribution in [0.4, 0.5) is 4.39 Å². The lowest BCUT2D eigenvalue weighted by Crippen LogP contribution is -2.39. The highest BCUT2D eigenvalue weighted by atomic mass is 32.1. The summed E-state index contributed by atoms with van der Waals surface area (Å²) in [5.41, 5.74) is 1.22. The Morgan fingerprint density at radius 1 is 1.25 bits per heavy atom. The maximum Gasteiger partial charge on any atom is 0.123 e. The molecule has 0 radical (unpaired) electrons. The van der Waals surface area contributed by atoms with Crippen molar-refractivity contribution in [3.8, 4) is 0 Å². The Balaban J connectivity index is 2.12. The fraction of sp³-hybridized carbons (Fsp3) is 0.438. The predicted octanol–water partition coefficient (Wildman–Crippen LogP) is 4.00. The molecule has 0 fully saturated rings. The van der Waals surface area contributed by atoms with Crippen LogP contribution in [0.1, 0.15) is 37.3 Å². The zero-order chi connectivity index (χ0) is 14.6. The van der Waals surface area contributed by atoms with Gasteiger partial charge in [-0.25, -0.2) is 9.37 Å². The van der Waals surface area contributed by atoms with Crippen molar-refractivity contribution in [3.63, 3.8) is 0 Å². The molecule has 0 saturated carbocycles. The zero-order valence-electron chi connectivity index (χ0n) is 12.2. The molecule has 0 bridgehead atoms. The van der Waals surface area contributed by atoms with E-state index in [0.29, 0.717) is 5.92 Å². The van der Waals surface area contributed by atoms with E-state index in [1.807, 2.05) is 23.7 Å². The normalized spacial score (nSPS) is 13.4. The first-order valence-electron chi connectivity index (χ1n) is 6.83. The van der Waals surface area contributed by atoms with Crippen LogP contribution in [0, 0.1) is 5.82 Å². The van der Waals surface area contributed by atoms with Crippen molar-refractivity contribution in [2.75, 3.05) is 6.54 Å². The molecule has 1 aromatic carbocycles. The smallest absolute Gasteiger partial charge is 0.123 e. The van der Waals surface area contributed by atoms with Crippen LogP contribution in [-0.4, -0.2) is 17.1 Å². The maximum absolute atomic E-state index is 13.1. The summed E-state index contributed by atoms with van der Waals surface area (Å²) in [4.78, 5) is 4.36. The second kappa shape index (κ2) is 6.46. The second-order valence-corrected chi connectivity index (χ2v) is 6.99. The van der Waals surface area contributed by atoms with Crippen LogP contribution < -0.4 is 5.32 Å². The Hall–Kier alpha value is -1.26. The molecule has 20 heavy (non-hydrogen) atoms. The lowest BCUT2D eigenvalue weighted by Gasteiger charge is -2.25. The van der Waals surface area contributed by atoms with E-state index in [1.54, 1.807) is 11.3 Å². The zero-order valence-corrected chi connectivity index (χ0v) is 13.0. The fourth-order valence-electron chi connectivity index (χ4n) is 2.04. The van der Waals surface area contributed by atoms with Gasteiger partial charge in [-0.15, -0.1) is 11.3 Å². The van der Waals surface area contributed by atoms with Gasteiger partial charge in [0.05, 0.1) is 5.01 Å². The Morgan fingerprint density at radius 2 is 1.95 bits per heavy atom. The molecular weight excluding hydrogens is 271 g/mol. The van der Waals surface area contributed by atoms with Gasteiger partial charge in [-0.2, -0.15) is 0 Å². The Kier molecular flexibility index (Phi) is 4.89. The number of halogens is 1. The first-order chi connectivity index (χ1) is 9.44. The van der Waals surface area contributed by atoms with Gasteiger partial charge < -0.3 is 5.32 Å². The van der Waals surface area contributed by atoms with Crippen LogP contribution in [0.15, 0.2) is 35.8 Å². The number of benzene rings is 1. The van der Waals surface area contributed by atoms with Crippen molar-refractivity contribution >= 4 is 11.3 Å². The van der Waals surface area contributed by atoms with Crippen LogP contribution in [0.2, 0.25) is 0 Å². The van der Waals surface area contributed by atoms with Gasteiger partial charge in [0.1, 0.15) is 5.82 Å². The van der Waals surface area contributed by atoms with Crippen LogP contribution in [0.5, 0.6) is 0 Å². The van der Waals surface area contributed by atoms with Crippen molar-refractivity contribution < 1.29 is 4.39 Å². The number of hydrogen-bond acceptors (Lipinski definition) is 3. The highest BCUT2D eigenvalue weighted by molar-refractivity contribution is 7.09. The minimum Gasteiger partial charge on any atom is -0.311 e. The Morgan fingerprint density at radius 3 is 2.50 bits per heavy atom. The molecule has 1 N–H and O–H groups in total. The van der Waals surface area contributed by atoms with E-state index < -0.39 is 0 Å². The third kappa shape index (κ3) is 4.69. The molecule has 0 aliphatic rings. The van der Waals surface area contributed by atoms with E-state index in [9.17, 15) is 4.39 Å². The molecule has 2 rings (SSSR count). The summed E-state index contributed by atoms with van der Waals surface area (Å²) >= 11 is 1.67. The third-order valence-electron chi connectivity index (χ3n) is 3.12. The second-order valence-electron chi connectivity index (χ2n) is 6.01. The molecule has 4 heteroatoms. The van der Waals surface area contributed by atoms with Crippen molar-refractivity contribution in [1.82, 2.24) is 10.3 Å². The van der Waals surface area contributed by atoms with Gasteiger partial charge in [0.25, 0.3) is 0 Å². The average molecular weight is 292 g/mol. The van der Waals surface area contributed by atoms with Crippen molar-refractivity contribution in [3.05, 3.63) is 52.2 Å². The van der Waals surface area contributed by atoms with Gasteiger partial charge in [0.2, 0.25) is 0 Å². The standard InChI is InChI=1S/C16H21FN2S/c1-16(2,3)19-11-13(10-15-18-8-9-20-15)12-4-6-14(17)7-5-12/h4-9,13,19H,10-11H2,1-3H3. The molecule has 0 saturated heterocycles. The highest BCUT2D eigenvalue weighted by Crippen LogP contribution is 2.22. The summed E-state index contributed by atoms with van der Waals surface area (Å²) in [6.07, 6.45) is 2.71. The van der Waals surface area contributed by atoms with E-state index in [2.05, 4.69) is 31.1 Å². The Labute approximate surface area is 124 Å². The van der Waals surface area contributed by atoms with E-state index in [4.69, 9.17) is 0 Å². The molecule has 1 unspecified atom stereocenters. The van der Waals surface area contributed by atoms with E-state index >= 15 is 0 Å². The summed E-state index contributed by atoms with van der Waals surface area (Å²) in [6, 6.07) is 6.80. The number of hydrogen-bond donors (Lipinski definition) is 1. The van der Waals surface area contributed by atoms with E-state index in [-0.39, 0.29) is 11.4 Å². The highest BCUT2D eigenvalue weighted by Gasteiger charge is 2.17. The summed E-state index contributed by atoms with van der Waals surface area (Å²) in [6.45, 7) is 7.31. The van der Waals surface area contributed by atoms with Crippen molar-refractivity contribution in [1.29, 1.82) is 0 Å². The molecular formula is C16H21FN2S. The molecule has 0 amide bonds. The monoisotopic (exact) mass is 292 g/mol. The molecule has 0 aliphatic carbocycles. The maximum atomic E-state index is 13.1. The lowest BCUT2D eigenvalue weighted by atomic mass is 9.94. The molecule has 2 nitrogen and oxygen atoms in total. The molecule has 108 valence electrons. The van der Waals surface area contributed by atoms with Gasteiger partial charge in [-0.1, -0.05) is 12.1 Å². The van der Waals surface area contributed by atoms with Gasteiger partial charge in [-0.05, 0) is 38.5 Å². The quantitative estimate of drug-likeness (QED) is 0.901. The molecule has 1 atom stereocenters. The van der Waals surface area contributed by atoms with Crippen LogP contribution in [-0.2, 0) is 6.42 Å². The number of aromatic nitrogens is 1. The minimum absolute atomic E-state index is 0.0706. The average Bonchev–Trinajstić information content (AvgIpc) is 2.87. The molecule has 0 aliphatic heterocycles. The summed E-state index contributed by atoms with van der Waals surface area (Å²) in [5.74, 6) is 0.117. The van der Waals surface area contributed by atoms with Crippen molar-refractivity contribution in [2.24, 2.45) is 0 Å². The number of thiazole rings is 1. The predicted molar refractivity (Wildman–Crippen MR) is 82.7 cm³/mol. The first-order valence-corrected chi connectivity index (χ1v) is 7.71. The van der Waals surface area contributed by atoms with Gasteiger partial charge in [-0.3, -0.25) is 0 Å². The number of rotatable bonds is 5. The van der Waals surface area contributed by atoms with Crippen molar-refractivity contribution in [2.45, 2.75) is 38.6 Å². The largest absolute Gasteiger partial charge is 0.311 e. The first kappa shape index (κ1) is 15.1. The van der Waals surface area contributed by atoms with Gasteiger partial charge in [0.15, 0.2) is 0 Å². The lowest BCUT2D eigenvalue weighted by molar-refractivity contribution is 0.404. The molecule has 1 aromatic heterocycles. The third-order valence-corrected chi connectivity index (χ3v) is 3.93. The summed E-state index contributed by atoms with van der Waals surface area (Å²) < 4.78 is 13.1. The van der Waals surface area contributed by atoms with Crippen LogP contribution in [0.3, 0.4) is 0 Å². The minimum atomic E-state index is -0.189. The SMILES string of the molecule is CC(C)(C)NCC(Cc1nccs1)c1ccc(F)cc1. The molecule has 1 heterocycles. The summed E-state index contributed by atoms with van der Waals surface area (Å²) in [7, 11) is 0. The fourth-order valence-corrected chi connectivity index (χ4v) is 2.73. The molecule has 0 spiro atoms. The van der Waals surface area contributed by atoms with Crippen LogP contribution in [0.25, 0.3) is 0 Å². The van der Waals surface area contributed by atoms with E-state index in [0.717, 1.165) is 23.5 Å². The van der Waals surface area contributed by atoms with Gasteiger partial charge >= 0.3 is 0 Å². The van der Waals surface area contributed by atoms with Crippen LogP contribution >= 0.6 is 11.3 Å². The molecule has 2 aromatic rings. The summed E-state index contributed by atoms with van der Waals surface area (Å²) in [5, 5.41) is 6.65.